The van der Waals surface area contributed by atoms with Crippen molar-refractivity contribution in [3.05, 3.63) is 0 Å². The molecule has 0 unspecified atom stereocenters. The Hall–Kier alpha value is -0.963. The lowest BCUT2D eigenvalue weighted by Gasteiger charge is -2.47. The topological polar surface area (TPSA) is 96.9 Å². The van der Waals surface area contributed by atoms with Crippen molar-refractivity contribution in [3.8, 4) is 0 Å². The third-order valence-electron chi connectivity index (χ3n) is 5.23. The van der Waals surface area contributed by atoms with E-state index >= 15 is 0 Å². The minimum absolute atomic E-state index is 0.0191. The monoisotopic (exact) mass is 402 g/mol. The van der Waals surface area contributed by atoms with Crippen LogP contribution < -0.4 is 10.6 Å². The van der Waals surface area contributed by atoms with E-state index in [9.17, 15) is 14.7 Å². The van der Waals surface area contributed by atoms with E-state index in [1.165, 1.54) is 6.92 Å². The Morgan fingerprint density at radius 1 is 1.19 bits per heavy atom. The Labute approximate surface area is 164 Å². The molecule has 1 rings (SSSR count). The molecule has 0 aromatic carbocycles. The number of nitrogens with one attached hydrogen (secondary N) is 2. The lowest BCUT2D eigenvalue weighted by molar-refractivity contribution is -0.160. The molecule has 8 heteroatoms. The predicted molar refractivity (Wildman–Crippen MR) is 108 cm³/mol. The van der Waals surface area contributed by atoms with Crippen LogP contribution in [-0.2, 0) is 18.8 Å². The van der Waals surface area contributed by atoms with E-state index in [-0.39, 0.29) is 29.6 Å². The molecule has 0 bridgehead atoms. The van der Waals surface area contributed by atoms with E-state index in [1.54, 1.807) is 0 Å². The number of hydrogen-bond donors (Lipinski definition) is 3. The molecule has 27 heavy (non-hydrogen) atoms. The van der Waals surface area contributed by atoms with Crippen molar-refractivity contribution in [2.45, 2.75) is 103 Å². The van der Waals surface area contributed by atoms with Gasteiger partial charge in [0.25, 0.3) is 0 Å². The number of esters is 1. The van der Waals surface area contributed by atoms with Crippen molar-refractivity contribution in [2.75, 3.05) is 6.61 Å². The summed E-state index contributed by atoms with van der Waals surface area (Å²) in [6.07, 6.45) is -0.00575. The first-order chi connectivity index (χ1) is 12.1. The van der Waals surface area contributed by atoms with Gasteiger partial charge in [0.2, 0.25) is 5.91 Å². The summed E-state index contributed by atoms with van der Waals surface area (Å²) in [7, 11) is -2.15. The molecule has 7 nitrogen and oxygen atoms in total. The third-order valence-corrected chi connectivity index (χ3v) is 9.73. The number of aliphatic hydroxyl groups is 1. The second-order valence-electron chi connectivity index (χ2n) is 9.92. The van der Waals surface area contributed by atoms with Gasteiger partial charge in [0, 0.05) is 13.3 Å². The Morgan fingerprint density at radius 2 is 1.74 bits per heavy atom. The fraction of sp³-hybridized carbons (Fsp3) is 0.895. The molecule has 3 N–H and O–H groups in total. The van der Waals surface area contributed by atoms with Gasteiger partial charge in [-0.25, -0.2) is 0 Å². The van der Waals surface area contributed by atoms with Crippen molar-refractivity contribution in [3.63, 3.8) is 0 Å². The average molecular weight is 403 g/mol. The summed E-state index contributed by atoms with van der Waals surface area (Å²) in [5.74, 6) is -0.564. The number of piperidine rings is 1. The molecule has 1 amide bonds. The molecule has 0 spiro atoms. The first-order valence-corrected chi connectivity index (χ1v) is 12.5. The van der Waals surface area contributed by atoms with Crippen molar-refractivity contribution in [2.24, 2.45) is 0 Å². The normalized spacial score (nSPS) is 27.2. The Kier molecular flexibility index (Phi) is 7.66. The van der Waals surface area contributed by atoms with E-state index in [1.807, 2.05) is 20.8 Å². The predicted octanol–water partition coefficient (Wildman–Crippen LogP) is 1.95. The van der Waals surface area contributed by atoms with Gasteiger partial charge < -0.3 is 19.6 Å². The van der Waals surface area contributed by atoms with E-state index in [2.05, 4.69) is 44.5 Å². The summed E-state index contributed by atoms with van der Waals surface area (Å²) < 4.78 is 12.1. The molecule has 0 aliphatic carbocycles. The first kappa shape index (κ1) is 24.1. The molecule has 1 fully saturated rings. The number of carbonyl (C=O) groups is 2. The molecule has 0 aromatic rings. The highest BCUT2D eigenvalue weighted by Gasteiger charge is 2.47. The van der Waals surface area contributed by atoms with Gasteiger partial charge in [-0.05, 0) is 38.9 Å². The average Bonchev–Trinajstić information content (AvgIpc) is 2.44. The lowest BCUT2D eigenvalue weighted by Crippen LogP contribution is -2.68. The van der Waals surface area contributed by atoms with Gasteiger partial charge in [0.05, 0.1) is 24.8 Å². The van der Waals surface area contributed by atoms with Crippen molar-refractivity contribution >= 4 is 20.2 Å². The summed E-state index contributed by atoms with van der Waals surface area (Å²) in [6.45, 7) is 17.4. The van der Waals surface area contributed by atoms with Gasteiger partial charge in [-0.15, -0.1) is 0 Å². The van der Waals surface area contributed by atoms with Gasteiger partial charge in [-0.3, -0.25) is 14.9 Å². The van der Waals surface area contributed by atoms with Crippen LogP contribution >= 0.6 is 0 Å². The number of rotatable bonds is 5. The fourth-order valence-corrected chi connectivity index (χ4v) is 4.23. The number of hydrogen-bond acceptors (Lipinski definition) is 6. The van der Waals surface area contributed by atoms with Gasteiger partial charge in [0.1, 0.15) is 11.6 Å². The van der Waals surface area contributed by atoms with Crippen LogP contribution in [0, 0.1) is 0 Å². The third kappa shape index (κ3) is 6.85. The van der Waals surface area contributed by atoms with Crippen LogP contribution in [0.1, 0.15) is 54.9 Å². The summed E-state index contributed by atoms with van der Waals surface area (Å²) in [4.78, 5) is 24.3. The number of amides is 1. The maximum Gasteiger partial charge on any atom is 0.323 e. The van der Waals surface area contributed by atoms with Gasteiger partial charge in [0.15, 0.2) is 8.32 Å². The van der Waals surface area contributed by atoms with Crippen molar-refractivity contribution in [1.82, 2.24) is 10.6 Å². The molecular formula is C19H38N2O5Si. The minimum atomic E-state index is -2.15. The van der Waals surface area contributed by atoms with E-state index in [0.717, 1.165) is 0 Å². The van der Waals surface area contributed by atoms with E-state index < -0.39 is 32.0 Å². The van der Waals surface area contributed by atoms with Gasteiger partial charge in [-0.2, -0.15) is 0 Å². The van der Waals surface area contributed by atoms with Gasteiger partial charge in [-0.1, -0.05) is 20.8 Å². The van der Waals surface area contributed by atoms with Gasteiger partial charge >= 0.3 is 5.97 Å². The minimum Gasteiger partial charge on any atom is -0.459 e. The van der Waals surface area contributed by atoms with Crippen LogP contribution in [0.5, 0.6) is 0 Å². The smallest absolute Gasteiger partial charge is 0.323 e. The first-order valence-electron chi connectivity index (χ1n) is 9.62. The van der Waals surface area contributed by atoms with Crippen LogP contribution in [0.25, 0.3) is 0 Å². The molecular weight excluding hydrogens is 364 g/mol. The number of aliphatic hydroxyl groups excluding tert-OH is 1. The Balaban J connectivity index is 3.13. The maximum absolute atomic E-state index is 12.6. The van der Waals surface area contributed by atoms with Crippen LogP contribution in [-0.4, -0.2) is 61.7 Å². The quantitative estimate of drug-likeness (QED) is 0.480. The summed E-state index contributed by atoms with van der Waals surface area (Å²) >= 11 is 0. The summed E-state index contributed by atoms with van der Waals surface area (Å²) in [5.41, 5.74) is -0.599. The highest BCUT2D eigenvalue weighted by molar-refractivity contribution is 6.74. The zero-order valence-corrected chi connectivity index (χ0v) is 19.3. The molecule has 158 valence electrons. The fourth-order valence-electron chi connectivity index (χ4n) is 2.88. The second kappa shape index (κ2) is 8.59. The zero-order chi connectivity index (χ0) is 21.2. The Morgan fingerprint density at radius 3 is 2.15 bits per heavy atom. The standard InChI is InChI=1S/C19H38N2O5Si/c1-12(23)20-16-14(11-22)21-13(17(24)25-18(2,3)4)10-15(16)26-27(8,9)19(5,6)7/h13-16,21-22H,10-11H2,1-9H3,(H,20,23)/t13-,14+,15-,16-/m0/s1. The molecule has 1 heterocycles. The molecule has 1 aliphatic heterocycles. The van der Waals surface area contributed by atoms with Crippen molar-refractivity contribution < 1.29 is 23.9 Å². The highest BCUT2D eigenvalue weighted by Crippen LogP contribution is 2.39. The van der Waals surface area contributed by atoms with E-state index in [0.29, 0.717) is 6.42 Å². The SMILES string of the molecule is CC(=O)N[C@@H]1[C@@H](O[Si](C)(C)C(C)(C)C)C[C@@H](C(=O)OC(C)(C)C)N[C@@H]1CO. The van der Waals surface area contributed by atoms with E-state index in [4.69, 9.17) is 9.16 Å². The molecule has 0 aromatic heterocycles. The molecule has 1 saturated heterocycles. The molecule has 1 aliphatic rings. The van der Waals surface area contributed by atoms with Crippen LogP contribution in [0.15, 0.2) is 0 Å². The molecule has 0 radical (unpaired) electrons. The highest BCUT2D eigenvalue weighted by atomic mass is 28.4. The molecule has 0 saturated carbocycles. The van der Waals surface area contributed by atoms with Crippen LogP contribution in [0.3, 0.4) is 0 Å². The number of ether oxygens (including phenoxy) is 1. The zero-order valence-electron chi connectivity index (χ0n) is 18.3. The molecule has 4 atom stereocenters. The maximum atomic E-state index is 12.6. The van der Waals surface area contributed by atoms with Crippen LogP contribution in [0.2, 0.25) is 18.1 Å². The number of carbonyl (C=O) groups excluding carboxylic acids is 2. The Bertz CT molecular complexity index is 539. The lowest BCUT2D eigenvalue weighted by atomic mass is 9.90. The summed E-state index contributed by atoms with van der Waals surface area (Å²) in [5, 5.41) is 15.9. The second-order valence-corrected chi connectivity index (χ2v) is 14.7. The summed E-state index contributed by atoms with van der Waals surface area (Å²) in [6, 6.07) is -1.50. The van der Waals surface area contributed by atoms with Crippen LogP contribution in [0.4, 0.5) is 0 Å². The van der Waals surface area contributed by atoms with Crippen molar-refractivity contribution in [1.29, 1.82) is 0 Å². The largest absolute Gasteiger partial charge is 0.459 e.